The fourth-order valence-corrected chi connectivity index (χ4v) is 3.84. The van der Waals surface area contributed by atoms with Crippen LogP contribution in [0.25, 0.3) is 0 Å². The van der Waals surface area contributed by atoms with E-state index in [1.54, 1.807) is 4.68 Å². The van der Waals surface area contributed by atoms with Gasteiger partial charge in [-0.3, -0.25) is 4.57 Å². The molecule has 1 aliphatic heterocycles. The molecule has 20 heavy (non-hydrogen) atoms. The highest BCUT2D eigenvalue weighted by Crippen LogP contribution is 2.32. The Morgan fingerprint density at radius 1 is 1.25 bits per heavy atom. The third-order valence-corrected chi connectivity index (χ3v) is 5.08. The predicted molar refractivity (Wildman–Crippen MR) is 85.5 cm³/mol. The van der Waals surface area contributed by atoms with Gasteiger partial charge in [0.1, 0.15) is 5.82 Å². The summed E-state index contributed by atoms with van der Waals surface area (Å²) in [6, 6.07) is 0. The first kappa shape index (κ1) is 15.7. The van der Waals surface area contributed by atoms with Gasteiger partial charge in [0.25, 0.3) is 0 Å². The summed E-state index contributed by atoms with van der Waals surface area (Å²) in [4.78, 5) is 12.5. The molecule has 1 aromatic heterocycles. The predicted octanol–water partition coefficient (Wildman–Crippen LogP) is 2.90. The van der Waals surface area contributed by atoms with E-state index < -0.39 is 0 Å². The first-order valence-corrected chi connectivity index (χ1v) is 8.56. The van der Waals surface area contributed by atoms with Gasteiger partial charge in [0.2, 0.25) is 0 Å². The zero-order valence-corrected chi connectivity index (χ0v) is 13.7. The zero-order chi connectivity index (χ0) is 14.6. The SMILES string of the molecule is CCCC(CS)(CCC)Cn1nc2n(c1=O)CCCC2. The minimum atomic E-state index is 0.0815. The normalized spacial score (nSPS) is 15.3. The Kier molecular flexibility index (Phi) is 5.35. The molecule has 0 saturated heterocycles. The van der Waals surface area contributed by atoms with Gasteiger partial charge >= 0.3 is 5.69 Å². The van der Waals surface area contributed by atoms with Crippen LogP contribution < -0.4 is 5.69 Å². The summed E-state index contributed by atoms with van der Waals surface area (Å²) in [5.41, 5.74) is 0.194. The second-order valence-electron chi connectivity index (χ2n) is 6.12. The summed E-state index contributed by atoms with van der Waals surface area (Å²) in [5.74, 6) is 1.80. The lowest BCUT2D eigenvalue weighted by atomic mass is 9.81. The molecule has 0 fully saturated rings. The molecule has 0 spiro atoms. The van der Waals surface area contributed by atoms with Crippen molar-refractivity contribution in [3.8, 4) is 0 Å². The summed E-state index contributed by atoms with van der Waals surface area (Å²) < 4.78 is 3.58. The summed E-state index contributed by atoms with van der Waals surface area (Å²) in [7, 11) is 0. The minimum absolute atomic E-state index is 0.0815. The van der Waals surface area contributed by atoms with E-state index in [-0.39, 0.29) is 11.1 Å². The summed E-state index contributed by atoms with van der Waals surface area (Å²) in [6.07, 6.45) is 7.67. The van der Waals surface area contributed by atoms with E-state index in [9.17, 15) is 4.79 Å². The molecular formula is C15H27N3OS. The zero-order valence-electron chi connectivity index (χ0n) is 12.8. The van der Waals surface area contributed by atoms with E-state index in [4.69, 9.17) is 0 Å². The van der Waals surface area contributed by atoms with Crippen LogP contribution >= 0.6 is 12.6 Å². The number of thiol groups is 1. The standard InChI is InChI=1S/C15H27N3OS/c1-3-8-15(12-20,9-4-2)11-18-14(19)17-10-6-5-7-13(17)16-18/h20H,3-12H2,1-2H3. The number of hydrogen-bond donors (Lipinski definition) is 1. The van der Waals surface area contributed by atoms with Crippen LogP contribution in [0.3, 0.4) is 0 Å². The van der Waals surface area contributed by atoms with E-state index >= 15 is 0 Å². The molecular weight excluding hydrogens is 270 g/mol. The van der Waals surface area contributed by atoms with E-state index in [1.165, 1.54) is 0 Å². The van der Waals surface area contributed by atoms with Crippen molar-refractivity contribution in [1.82, 2.24) is 14.3 Å². The molecule has 0 unspecified atom stereocenters. The van der Waals surface area contributed by atoms with Gasteiger partial charge in [0.05, 0.1) is 6.54 Å². The Bertz CT molecular complexity index is 486. The lowest BCUT2D eigenvalue weighted by Crippen LogP contribution is -2.35. The Hall–Kier alpha value is -0.710. The summed E-state index contributed by atoms with van der Waals surface area (Å²) in [6.45, 7) is 5.96. The van der Waals surface area contributed by atoms with E-state index in [1.807, 2.05) is 4.57 Å². The number of aromatic nitrogens is 3. The molecule has 0 saturated carbocycles. The molecule has 0 aromatic carbocycles. The van der Waals surface area contributed by atoms with Crippen molar-refractivity contribution in [2.75, 3.05) is 5.75 Å². The second kappa shape index (κ2) is 6.83. The van der Waals surface area contributed by atoms with Gasteiger partial charge in [-0.1, -0.05) is 26.7 Å². The van der Waals surface area contributed by atoms with Gasteiger partial charge in [0, 0.05) is 13.0 Å². The van der Waals surface area contributed by atoms with Crippen LogP contribution in [0.4, 0.5) is 0 Å². The van der Waals surface area contributed by atoms with Crippen molar-refractivity contribution >= 4 is 12.6 Å². The Morgan fingerprint density at radius 3 is 2.50 bits per heavy atom. The maximum absolute atomic E-state index is 12.5. The average molecular weight is 297 g/mol. The highest BCUT2D eigenvalue weighted by Gasteiger charge is 2.30. The van der Waals surface area contributed by atoms with E-state index in [0.717, 1.165) is 69.6 Å². The molecule has 0 aliphatic carbocycles. The van der Waals surface area contributed by atoms with Crippen LogP contribution in [-0.2, 0) is 19.5 Å². The molecule has 0 radical (unpaired) electrons. The number of fused-ring (bicyclic) bond motifs is 1. The maximum atomic E-state index is 12.5. The molecule has 0 N–H and O–H groups in total. The fourth-order valence-electron chi connectivity index (χ4n) is 3.42. The number of nitrogens with zero attached hydrogens (tertiary/aromatic N) is 3. The van der Waals surface area contributed by atoms with Crippen molar-refractivity contribution < 1.29 is 0 Å². The van der Waals surface area contributed by atoms with E-state index in [0.29, 0.717) is 0 Å². The second-order valence-corrected chi connectivity index (χ2v) is 6.44. The van der Waals surface area contributed by atoms with Crippen LogP contribution in [0.15, 0.2) is 4.79 Å². The van der Waals surface area contributed by atoms with Crippen LogP contribution in [0, 0.1) is 5.41 Å². The van der Waals surface area contributed by atoms with Crippen LogP contribution in [0.2, 0.25) is 0 Å². The van der Waals surface area contributed by atoms with Gasteiger partial charge in [-0.25, -0.2) is 9.48 Å². The average Bonchev–Trinajstić information content (AvgIpc) is 2.76. The van der Waals surface area contributed by atoms with Gasteiger partial charge in [0.15, 0.2) is 0 Å². The van der Waals surface area contributed by atoms with Gasteiger partial charge in [-0.05, 0) is 36.9 Å². The van der Waals surface area contributed by atoms with Crippen molar-refractivity contribution in [1.29, 1.82) is 0 Å². The van der Waals surface area contributed by atoms with Gasteiger partial charge in [-0.15, -0.1) is 0 Å². The van der Waals surface area contributed by atoms with Crippen LogP contribution in [-0.4, -0.2) is 20.1 Å². The molecule has 1 aliphatic rings. The summed E-state index contributed by atoms with van der Waals surface area (Å²) >= 11 is 4.57. The quantitative estimate of drug-likeness (QED) is 0.786. The Labute approximate surface area is 127 Å². The molecule has 4 nitrogen and oxygen atoms in total. The maximum Gasteiger partial charge on any atom is 0.345 e. The molecule has 5 heteroatoms. The molecule has 114 valence electrons. The van der Waals surface area contributed by atoms with Gasteiger partial charge < -0.3 is 0 Å². The fraction of sp³-hybridized carbons (Fsp3) is 0.867. The molecule has 1 aromatic rings. The molecule has 2 rings (SSSR count). The lowest BCUT2D eigenvalue weighted by Gasteiger charge is -2.31. The molecule has 0 bridgehead atoms. The Morgan fingerprint density at radius 2 is 1.95 bits per heavy atom. The van der Waals surface area contributed by atoms with Crippen molar-refractivity contribution in [2.24, 2.45) is 5.41 Å². The minimum Gasteiger partial charge on any atom is -0.279 e. The molecule has 0 atom stereocenters. The number of aryl methyl sites for hydroxylation is 1. The highest BCUT2D eigenvalue weighted by molar-refractivity contribution is 7.80. The van der Waals surface area contributed by atoms with Crippen molar-refractivity contribution in [3.05, 3.63) is 16.3 Å². The largest absolute Gasteiger partial charge is 0.345 e. The smallest absolute Gasteiger partial charge is 0.279 e. The Balaban J connectivity index is 2.26. The first-order valence-electron chi connectivity index (χ1n) is 7.93. The number of hydrogen-bond acceptors (Lipinski definition) is 3. The van der Waals surface area contributed by atoms with E-state index in [2.05, 4.69) is 31.6 Å². The van der Waals surface area contributed by atoms with Gasteiger partial charge in [-0.2, -0.15) is 17.7 Å². The topological polar surface area (TPSA) is 39.8 Å². The van der Waals surface area contributed by atoms with Crippen LogP contribution in [0.5, 0.6) is 0 Å². The third-order valence-electron chi connectivity index (χ3n) is 4.41. The highest BCUT2D eigenvalue weighted by atomic mass is 32.1. The number of rotatable bonds is 7. The third kappa shape index (κ3) is 3.13. The molecule has 0 amide bonds. The summed E-state index contributed by atoms with van der Waals surface area (Å²) in [5, 5.41) is 4.58. The van der Waals surface area contributed by atoms with Crippen LogP contribution in [0.1, 0.15) is 58.2 Å². The van der Waals surface area contributed by atoms with Crippen molar-refractivity contribution in [2.45, 2.75) is 71.9 Å². The van der Waals surface area contributed by atoms with Crippen molar-refractivity contribution in [3.63, 3.8) is 0 Å². The first-order chi connectivity index (χ1) is 9.65. The lowest BCUT2D eigenvalue weighted by molar-refractivity contribution is 0.218. The molecule has 2 heterocycles. The monoisotopic (exact) mass is 297 g/mol.